The molecule has 0 aliphatic heterocycles. The van der Waals surface area contributed by atoms with Crippen LogP contribution in [0.25, 0.3) is 0 Å². The minimum Gasteiger partial charge on any atom is -0.490 e. The van der Waals surface area contributed by atoms with Gasteiger partial charge in [0.2, 0.25) is 0 Å². The molecule has 1 aromatic carbocycles. The van der Waals surface area contributed by atoms with Gasteiger partial charge in [-0.15, -0.1) is 0 Å². The Bertz CT molecular complexity index is 441. The monoisotopic (exact) mass is 275 g/mol. The molecule has 0 spiro atoms. The number of hydrogen-bond donors (Lipinski definition) is 0. The van der Waals surface area contributed by atoms with E-state index < -0.39 is 0 Å². The fraction of sp³-hybridized carbons (Fsp3) is 0.632. The average Bonchev–Trinajstić information content (AvgIpc) is 2.37. The largest absolute Gasteiger partial charge is 0.490 e. The zero-order valence-corrected chi connectivity index (χ0v) is 14.3. The second-order valence-electron chi connectivity index (χ2n) is 7.08. The molecule has 0 bridgehead atoms. The van der Waals surface area contributed by atoms with Gasteiger partial charge in [0.15, 0.2) is 0 Å². The maximum Gasteiger partial charge on any atom is 0.123 e. The van der Waals surface area contributed by atoms with Crippen LogP contribution in [-0.2, 0) is 10.8 Å². The van der Waals surface area contributed by atoms with Crippen LogP contribution in [-0.4, -0.2) is 6.10 Å². The first-order valence-electron chi connectivity index (χ1n) is 7.79. The van der Waals surface area contributed by atoms with Gasteiger partial charge in [-0.1, -0.05) is 53.7 Å². The van der Waals surface area contributed by atoms with Crippen LogP contribution in [0.1, 0.15) is 72.4 Å². The SMILES string of the molecule is [CH2]C(C)Oc1cccc(C(C)(C)CC)c1C(C)(C)CC. The molecular weight excluding hydrogens is 244 g/mol. The summed E-state index contributed by atoms with van der Waals surface area (Å²) in [6.07, 6.45) is 2.16. The molecule has 1 aromatic rings. The third-order valence-electron chi connectivity index (χ3n) is 4.53. The predicted octanol–water partition coefficient (Wildman–Crippen LogP) is 5.66. The molecule has 0 aliphatic carbocycles. The first-order valence-corrected chi connectivity index (χ1v) is 7.79. The van der Waals surface area contributed by atoms with E-state index in [-0.39, 0.29) is 16.9 Å². The van der Waals surface area contributed by atoms with Crippen molar-refractivity contribution in [2.75, 3.05) is 0 Å². The lowest BCUT2D eigenvalue weighted by Gasteiger charge is -2.35. The number of hydrogen-bond acceptors (Lipinski definition) is 1. The highest BCUT2D eigenvalue weighted by molar-refractivity contribution is 5.48. The maximum absolute atomic E-state index is 6.00. The van der Waals surface area contributed by atoms with E-state index in [1.165, 1.54) is 11.1 Å². The van der Waals surface area contributed by atoms with E-state index in [2.05, 4.69) is 66.7 Å². The average molecular weight is 275 g/mol. The molecular formula is C19H31O. The van der Waals surface area contributed by atoms with Crippen molar-refractivity contribution in [1.82, 2.24) is 0 Å². The lowest BCUT2D eigenvalue weighted by Crippen LogP contribution is -2.27. The minimum atomic E-state index is -0.0404. The zero-order valence-electron chi connectivity index (χ0n) is 14.3. The fourth-order valence-electron chi connectivity index (χ4n) is 2.48. The molecule has 1 radical (unpaired) electrons. The van der Waals surface area contributed by atoms with Gasteiger partial charge in [0.25, 0.3) is 0 Å². The summed E-state index contributed by atoms with van der Waals surface area (Å²) < 4.78 is 6.00. The van der Waals surface area contributed by atoms with Crippen molar-refractivity contribution in [3.63, 3.8) is 0 Å². The summed E-state index contributed by atoms with van der Waals surface area (Å²) in [4.78, 5) is 0. The predicted molar refractivity (Wildman–Crippen MR) is 88.5 cm³/mol. The molecule has 1 rings (SSSR count). The second-order valence-corrected chi connectivity index (χ2v) is 7.08. The van der Waals surface area contributed by atoms with Gasteiger partial charge in [-0.25, -0.2) is 0 Å². The Morgan fingerprint density at radius 3 is 2.05 bits per heavy atom. The van der Waals surface area contributed by atoms with E-state index in [0.717, 1.165) is 18.6 Å². The maximum atomic E-state index is 6.00. The van der Waals surface area contributed by atoms with Crippen molar-refractivity contribution in [3.8, 4) is 5.75 Å². The van der Waals surface area contributed by atoms with Crippen molar-refractivity contribution in [3.05, 3.63) is 36.2 Å². The highest BCUT2D eigenvalue weighted by atomic mass is 16.5. The van der Waals surface area contributed by atoms with Crippen molar-refractivity contribution in [1.29, 1.82) is 0 Å². The van der Waals surface area contributed by atoms with Crippen molar-refractivity contribution >= 4 is 0 Å². The van der Waals surface area contributed by atoms with Gasteiger partial charge < -0.3 is 4.74 Å². The van der Waals surface area contributed by atoms with E-state index in [4.69, 9.17) is 4.74 Å². The quantitative estimate of drug-likeness (QED) is 0.650. The van der Waals surface area contributed by atoms with E-state index in [1.54, 1.807) is 0 Å². The van der Waals surface area contributed by atoms with E-state index in [9.17, 15) is 0 Å². The molecule has 1 heteroatoms. The lowest BCUT2D eigenvalue weighted by molar-refractivity contribution is 0.257. The van der Waals surface area contributed by atoms with Crippen LogP contribution in [0.3, 0.4) is 0 Å². The fourth-order valence-corrected chi connectivity index (χ4v) is 2.48. The Kier molecular flexibility index (Phi) is 5.29. The van der Waals surface area contributed by atoms with Crippen molar-refractivity contribution < 1.29 is 4.74 Å². The van der Waals surface area contributed by atoms with Gasteiger partial charge in [-0.3, -0.25) is 0 Å². The van der Waals surface area contributed by atoms with Crippen LogP contribution in [0.2, 0.25) is 0 Å². The van der Waals surface area contributed by atoms with E-state index in [0.29, 0.717) is 0 Å². The summed E-state index contributed by atoms with van der Waals surface area (Å²) >= 11 is 0. The number of benzene rings is 1. The molecule has 0 heterocycles. The summed E-state index contributed by atoms with van der Waals surface area (Å²) in [7, 11) is 0. The standard InChI is InChI=1S/C19H31O/c1-9-18(5,6)15-12-11-13-16(20-14(3)4)17(15)19(7,8)10-2/h11-14H,3,9-10H2,1-2,4-8H3. The molecule has 0 saturated carbocycles. The van der Waals surface area contributed by atoms with E-state index >= 15 is 0 Å². The molecule has 0 aliphatic rings. The molecule has 0 saturated heterocycles. The third kappa shape index (κ3) is 3.56. The number of rotatable bonds is 6. The van der Waals surface area contributed by atoms with E-state index in [1.807, 2.05) is 6.92 Å². The van der Waals surface area contributed by atoms with Gasteiger partial charge in [-0.05, 0) is 49.1 Å². The Morgan fingerprint density at radius 2 is 1.60 bits per heavy atom. The molecule has 113 valence electrons. The molecule has 1 unspecified atom stereocenters. The smallest absolute Gasteiger partial charge is 0.123 e. The first kappa shape index (κ1) is 17.1. The first-order chi connectivity index (χ1) is 9.15. The highest BCUT2D eigenvalue weighted by Gasteiger charge is 2.31. The minimum absolute atomic E-state index is 0.0404. The topological polar surface area (TPSA) is 9.23 Å². The summed E-state index contributed by atoms with van der Waals surface area (Å²) in [6.45, 7) is 19.7. The molecule has 0 N–H and O–H groups in total. The van der Waals surface area contributed by atoms with Crippen LogP contribution in [0.5, 0.6) is 5.75 Å². The summed E-state index contributed by atoms with van der Waals surface area (Å²) in [6, 6.07) is 6.46. The molecule has 0 fully saturated rings. The Morgan fingerprint density at radius 1 is 1.05 bits per heavy atom. The van der Waals surface area contributed by atoms with Gasteiger partial charge in [-0.2, -0.15) is 0 Å². The molecule has 0 amide bonds. The van der Waals surface area contributed by atoms with Crippen LogP contribution < -0.4 is 4.74 Å². The Labute approximate surface area is 125 Å². The summed E-state index contributed by atoms with van der Waals surface area (Å²) in [5.74, 6) is 0.998. The van der Waals surface area contributed by atoms with Gasteiger partial charge >= 0.3 is 0 Å². The van der Waals surface area contributed by atoms with Crippen LogP contribution >= 0.6 is 0 Å². The highest BCUT2D eigenvalue weighted by Crippen LogP contribution is 2.42. The van der Waals surface area contributed by atoms with Crippen LogP contribution in [0.4, 0.5) is 0 Å². The molecule has 1 atom stereocenters. The summed E-state index contributed by atoms with van der Waals surface area (Å²) in [5, 5.41) is 0. The number of ether oxygens (including phenoxy) is 1. The molecule has 0 aromatic heterocycles. The van der Waals surface area contributed by atoms with Crippen molar-refractivity contribution in [2.45, 2.75) is 78.2 Å². The third-order valence-corrected chi connectivity index (χ3v) is 4.53. The molecule has 1 nitrogen and oxygen atoms in total. The zero-order chi connectivity index (χ0) is 15.6. The normalized spacial score (nSPS) is 12.8. The Hall–Kier alpha value is -0.980. The van der Waals surface area contributed by atoms with Crippen molar-refractivity contribution in [2.24, 2.45) is 0 Å². The van der Waals surface area contributed by atoms with Gasteiger partial charge in [0.1, 0.15) is 5.75 Å². The van der Waals surface area contributed by atoms with Gasteiger partial charge in [0.05, 0.1) is 6.10 Å². The van der Waals surface area contributed by atoms with Crippen LogP contribution in [0.15, 0.2) is 18.2 Å². The Balaban J connectivity index is 3.53. The van der Waals surface area contributed by atoms with Crippen LogP contribution in [0, 0.1) is 6.92 Å². The molecule has 20 heavy (non-hydrogen) atoms. The van der Waals surface area contributed by atoms with Gasteiger partial charge in [0, 0.05) is 5.56 Å². The lowest BCUT2D eigenvalue weighted by atomic mass is 9.71. The second kappa shape index (κ2) is 6.20. The summed E-state index contributed by atoms with van der Waals surface area (Å²) in [5.41, 5.74) is 3.02.